The molecule has 0 saturated heterocycles. The number of ether oxygens (including phenoxy) is 2. The van der Waals surface area contributed by atoms with Gasteiger partial charge in [-0.3, -0.25) is 14.6 Å². The molecule has 3 aromatic heterocycles. The number of pyridine rings is 1. The summed E-state index contributed by atoms with van der Waals surface area (Å²) in [5, 5.41) is 7.40. The van der Waals surface area contributed by atoms with E-state index < -0.39 is 24.5 Å². The fourth-order valence-corrected chi connectivity index (χ4v) is 5.63. The highest BCUT2D eigenvalue weighted by atomic mass is 32.1. The smallest absolute Gasteiger partial charge is 0.350 e. The van der Waals surface area contributed by atoms with Crippen molar-refractivity contribution in [3.8, 4) is 0 Å². The van der Waals surface area contributed by atoms with Crippen molar-refractivity contribution in [3.05, 3.63) is 62.4 Å². The van der Waals surface area contributed by atoms with E-state index in [1.54, 1.807) is 29.8 Å². The molecule has 0 saturated carbocycles. The van der Waals surface area contributed by atoms with E-state index in [0.29, 0.717) is 17.0 Å². The molecule has 34 heavy (non-hydrogen) atoms. The Balaban J connectivity index is 1.47. The number of anilines is 2. The molecular weight excluding hydrogens is 478 g/mol. The number of fused-ring (bicyclic) bond motifs is 1. The van der Waals surface area contributed by atoms with Crippen LogP contribution in [0.5, 0.6) is 0 Å². The van der Waals surface area contributed by atoms with E-state index in [-0.39, 0.29) is 22.0 Å². The van der Waals surface area contributed by atoms with Gasteiger partial charge in [-0.2, -0.15) is 0 Å². The van der Waals surface area contributed by atoms with E-state index in [0.717, 1.165) is 41.0 Å². The summed E-state index contributed by atoms with van der Waals surface area (Å²) >= 11 is 2.48. The molecule has 0 spiro atoms. The minimum absolute atomic E-state index is 0.245. The van der Waals surface area contributed by atoms with Crippen LogP contribution in [0, 0.1) is 0 Å². The van der Waals surface area contributed by atoms with Gasteiger partial charge in [-0.1, -0.05) is 0 Å². The summed E-state index contributed by atoms with van der Waals surface area (Å²) in [7, 11) is 1.25. The van der Waals surface area contributed by atoms with Crippen molar-refractivity contribution in [1.29, 1.82) is 0 Å². The number of hydrogen-bond donors (Lipinski definition) is 2. The highest BCUT2D eigenvalue weighted by Crippen LogP contribution is 2.38. The van der Waals surface area contributed by atoms with Crippen LogP contribution >= 0.6 is 22.7 Å². The Labute approximate surface area is 203 Å². The van der Waals surface area contributed by atoms with Gasteiger partial charge in [0.05, 0.1) is 23.9 Å². The van der Waals surface area contributed by atoms with E-state index >= 15 is 0 Å². The summed E-state index contributed by atoms with van der Waals surface area (Å²) in [5.74, 6) is -2.23. The molecule has 3 heterocycles. The van der Waals surface area contributed by atoms with Gasteiger partial charge in [-0.15, -0.1) is 22.7 Å². The molecule has 2 amide bonds. The largest absolute Gasteiger partial charge is 0.465 e. The zero-order valence-electron chi connectivity index (χ0n) is 18.2. The molecule has 3 aromatic rings. The maximum atomic E-state index is 13.0. The van der Waals surface area contributed by atoms with Crippen LogP contribution in [0.4, 0.5) is 10.7 Å². The normalized spacial score (nSPS) is 12.4. The number of aromatic nitrogens is 1. The van der Waals surface area contributed by atoms with E-state index in [1.807, 2.05) is 0 Å². The van der Waals surface area contributed by atoms with Gasteiger partial charge in [0.25, 0.3) is 11.8 Å². The van der Waals surface area contributed by atoms with Crippen molar-refractivity contribution >= 4 is 57.1 Å². The first-order valence-electron chi connectivity index (χ1n) is 10.5. The Morgan fingerprint density at radius 1 is 1.09 bits per heavy atom. The first-order valence-corrected chi connectivity index (χ1v) is 12.2. The Morgan fingerprint density at radius 3 is 2.68 bits per heavy atom. The summed E-state index contributed by atoms with van der Waals surface area (Å²) in [6.45, 7) is -0.546. The predicted molar refractivity (Wildman–Crippen MR) is 128 cm³/mol. The quantitative estimate of drug-likeness (QED) is 0.472. The zero-order chi connectivity index (χ0) is 24.1. The van der Waals surface area contributed by atoms with Crippen molar-refractivity contribution in [2.75, 3.05) is 24.4 Å². The number of esters is 2. The number of carbonyl (C=O) groups is 4. The Morgan fingerprint density at radius 2 is 1.91 bits per heavy atom. The molecule has 0 unspecified atom stereocenters. The summed E-state index contributed by atoms with van der Waals surface area (Å²) < 4.78 is 9.99. The van der Waals surface area contributed by atoms with Gasteiger partial charge in [-0.25, -0.2) is 9.59 Å². The van der Waals surface area contributed by atoms with Crippen LogP contribution in [0.1, 0.15) is 53.7 Å². The molecule has 0 aromatic carbocycles. The third kappa shape index (κ3) is 5.15. The molecule has 0 radical (unpaired) electrons. The lowest BCUT2D eigenvalue weighted by atomic mass is 9.95. The number of nitrogens with one attached hydrogen (secondary N) is 2. The molecule has 176 valence electrons. The Kier molecular flexibility index (Phi) is 7.33. The lowest BCUT2D eigenvalue weighted by Gasteiger charge is -2.13. The molecule has 0 fully saturated rings. The SMILES string of the molecule is COC(=O)c1sccc1NC(=O)COC(=O)c1c(NC(=O)c2cccnc2)sc2c1CCCC2. The number of thiophene rings is 2. The van der Waals surface area contributed by atoms with E-state index in [9.17, 15) is 19.2 Å². The molecule has 11 heteroatoms. The predicted octanol–water partition coefficient (Wildman–Crippen LogP) is 3.92. The number of aryl methyl sites for hydroxylation is 1. The van der Waals surface area contributed by atoms with Crippen LogP contribution < -0.4 is 10.6 Å². The van der Waals surface area contributed by atoms with Crippen LogP contribution in [0.25, 0.3) is 0 Å². The van der Waals surface area contributed by atoms with Crippen LogP contribution in [0.15, 0.2) is 36.0 Å². The Hall–Kier alpha value is -3.57. The van der Waals surface area contributed by atoms with Crippen LogP contribution in [0.3, 0.4) is 0 Å². The Bertz CT molecular complexity index is 1230. The average molecular weight is 500 g/mol. The maximum Gasteiger partial charge on any atom is 0.350 e. The van der Waals surface area contributed by atoms with Gasteiger partial charge in [0, 0.05) is 17.3 Å². The number of nitrogens with zero attached hydrogens (tertiary/aromatic N) is 1. The molecule has 2 N–H and O–H groups in total. The van der Waals surface area contributed by atoms with Crippen molar-refractivity contribution in [2.24, 2.45) is 0 Å². The number of amides is 2. The molecule has 1 aliphatic carbocycles. The first-order chi connectivity index (χ1) is 16.5. The number of hydrogen-bond acceptors (Lipinski definition) is 9. The van der Waals surface area contributed by atoms with Gasteiger partial charge < -0.3 is 20.1 Å². The molecule has 0 bridgehead atoms. The topological polar surface area (TPSA) is 124 Å². The van der Waals surface area contributed by atoms with Gasteiger partial charge in [0.2, 0.25) is 0 Å². The molecule has 0 atom stereocenters. The molecule has 9 nitrogen and oxygen atoms in total. The first kappa shape index (κ1) is 23.6. The van der Waals surface area contributed by atoms with Crippen LogP contribution in [-0.2, 0) is 27.1 Å². The van der Waals surface area contributed by atoms with E-state index in [2.05, 4.69) is 15.6 Å². The van der Waals surface area contributed by atoms with Gasteiger partial charge in [0.1, 0.15) is 9.88 Å². The second-order valence-corrected chi connectivity index (χ2v) is 9.41. The molecule has 1 aliphatic rings. The van der Waals surface area contributed by atoms with Crippen molar-refractivity contribution < 1.29 is 28.7 Å². The molecular formula is C23H21N3O6S2. The zero-order valence-corrected chi connectivity index (χ0v) is 19.8. The summed E-state index contributed by atoms with van der Waals surface area (Å²) in [6, 6.07) is 4.85. The second kappa shape index (κ2) is 10.6. The van der Waals surface area contributed by atoms with Crippen molar-refractivity contribution in [3.63, 3.8) is 0 Å². The van der Waals surface area contributed by atoms with E-state index in [1.165, 1.54) is 24.6 Å². The van der Waals surface area contributed by atoms with Crippen LogP contribution in [-0.4, -0.2) is 42.5 Å². The lowest BCUT2D eigenvalue weighted by molar-refractivity contribution is -0.119. The lowest BCUT2D eigenvalue weighted by Crippen LogP contribution is -2.23. The fraction of sp³-hybridized carbons (Fsp3) is 0.261. The fourth-order valence-electron chi connectivity index (χ4n) is 3.59. The average Bonchev–Trinajstić information content (AvgIpc) is 3.46. The van der Waals surface area contributed by atoms with Gasteiger partial charge in [-0.05, 0) is 54.8 Å². The van der Waals surface area contributed by atoms with Crippen LogP contribution in [0.2, 0.25) is 0 Å². The van der Waals surface area contributed by atoms with Crippen molar-refractivity contribution in [1.82, 2.24) is 4.98 Å². The summed E-state index contributed by atoms with van der Waals surface area (Å²) in [4.78, 5) is 55.1. The van der Waals surface area contributed by atoms with E-state index in [4.69, 9.17) is 9.47 Å². The minimum atomic E-state index is -0.686. The van der Waals surface area contributed by atoms with Crippen molar-refractivity contribution in [2.45, 2.75) is 25.7 Å². The van der Waals surface area contributed by atoms with Gasteiger partial charge >= 0.3 is 11.9 Å². The maximum absolute atomic E-state index is 13.0. The number of methoxy groups -OCH3 is 1. The summed E-state index contributed by atoms with van der Waals surface area (Å²) in [5.41, 5.74) is 1.80. The number of rotatable bonds is 7. The third-order valence-corrected chi connectivity index (χ3v) is 7.27. The highest BCUT2D eigenvalue weighted by Gasteiger charge is 2.28. The highest BCUT2D eigenvalue weighted by molar-refractivity contribution is 7.17. The standard InChI is InChI=1S/C23H21N3O6S2/c1-31-23(30)19-15(8-10-33-19)25-17(27)12-32-22(29)18-14-6-2-3-7-16(14)34-21(18)26-20(28)13-5-4-9-24-11-13/h4-5,8-11H,2-3,6-7,12H2,1H3,(H,25,27)(H,26,28). The third-order valence-electron chi connectivity index (χ3n) is 5.17. The molecule has 0 aliphatic heterocycles. The van der Waals surface area contributed by atoms with Gasteiger partial charge in [0.15, 0.2) is 6.61 Å². The summed E-state index contributed by atoms with van der Waals surface area (Å²) in [6.07, 6.45) is 6.45. The molecule has 4 rings (SSSR count). The monoisotopic (exact) mass is 499 g/mol. The number of carbonyl (C=O) groups excluding carboxylic acids is 4. The minimum Gasteiger partial charge on any atom is -0.465 e. The second-order valence-electron chi connectivity index (χ2n) is 7.39.